The largest absolute Gasteiger partial charge is 0.497 e. The molecule has 0 saturated carbocycles. The zero-order valence-corrected chi connectivity index (χ0v) is 18.7. The average molecular weight is 435 g/mol. The lowest BCUT2D eigenvalue weighted by Gasteiger charge is -2.27. The zero-order chi connectivity index (χ0) is 21.6. The van der Waals surface area contributed by atoms with Crippen LogP contribution < -0.4 is 4.74 Å². The maximum Gasteiger partial charge on any atom is 0.341 e. The Morgan fingerprint density at radius 3 is 2.81 bits per heavy atom. The fourth-order valence-electron chi connectivity index (χ4n) is 3.78. The van der Waals surface area contributed by atoms with Crippen LogP contribution in [-0.2, 0) is 24.2 Å². The molecular formula is C25H26N2O3S. The SMILES string of the molecule is CCOC(=O)c1c(N=Cc2cccc(OC)c2)sc2c1CCN(Cc1ccccc1)C2. The van der Waals surface area contributed by atoms with Crippen LogP contribution in [0.3, 0.4) is 0 Å². The molecule has 0 atom stereocenters. The highest BCUT2D eigenvalue weighted by atomic mass is 32.1. The van der Waals surface area contributed by atoms with Gasteiger partial charge in [0.25, 0.3) is 0 Å². The zero-order valence-electron chi connectivity index (χ0n) is 17.8. The van der Waals surface area contributed by atoms with Crippen molar-refractivity contribution in [2.24, 2.45) is 4.99 Å². The van der Waals surface area contributed by atoms with Crippen LogP contribution in [0.1, 0.15) is 38.8 Å². The molecule has 0 N–H and O–H groups in total. The molecule has 0 radical (unpaired) electrons. The summed E-state index contributed by atoms with van der Waals surface area (Å²) in [4.78, 5) is 21.1. The Morgan fingerprint density at radius 2 is 2.03 bits per heavy atom. The minimum Gasteiger partial charge on any atom is -0.497 e. The Kier molecular flexibility index (Phi) is 6.79. The summed E-state index contributed by atoms with van der Waals surface area (Å²) in [6.45, 7) is 4.80. The molecule has 4 rings (SSSR count). The summed E-state index contributed by atoms with van der Waals surface area (Å²) in [5.74, 6) is 0.492. The minimum absolute atomic E-state index is 0.283. The molecule has 2 heterocycles. The smallest absolute Gasteiger partial charge is 0.341 e. The maximum absolute atomic E-state index is 12.8. The van der Waals surface area contributed by atoms with Crippen molar-refractivity contribution in [1.82, 2.24) is 4.90 Å². The number of rotatable bonds is 7. The van der Waals surface area contributed by atoms with Gasteiger partial charge in [-0.15, -0.1) is 11.3 Å². The average Bonchev–Trinajstić information content (AvgIpc) is 3.16. The van der Waals surface area contributed by atoms with Crippen LogP contribution >= 0.6 is 11.3 Å². The molecule has 0 bridgehead atoms. The van der Waals surface area contributed by atoms with Crippen LogP contribution in [0.15, 0.2) is 59.6 Å². The number of methoxy groups -OCH3 is 1. The molecule has 1 aliphatic heterocycles. The maximum atomic E-state index is 12.8. The van der Waals surface area contributed by atoms with Crippen molar-refractivity contribution in [1.29, 1.82) is 0 Å². The Bertz CT molecular complexity index is 1080. The van der Waals surface area contributed by atoms with Crippen LogP contribution in [0, 0.1) is 0 Å². The topological polar surface area (TPSA) is 51.1 Å². The van der Waals surface area contributed by atoms with Gasteiger partial charge in [0.15, 0.2) is 0 Å². The van der Waals surface area contributed by atoms with E-state index in [0.717, 1.165) is 42.9 Å². The molecule has 0 amide bonds. The lowest BCUT2D eigenvalue weighted by Crippen LogP contribution is -2.29. The molecule has 6 heteroatoms. The van der Waals surface area contributed by atoms with Gasteiger partial charge in [-0.05, 0) is 42.2 Å². The van der Waals surface area contributed by atoms with Crippen LogP contribution in [0.2, 0.25) is 0 Å². The van der Waals surface area contributed by atoms with Gasteiger partial charge in [-0.1, -0.05) is 42.5 Å². The number of nitrogens with zero attached hydrogens (tertiary/aromatic N) is 2. The van der Waals surface area contributed by atoms with Gasteiger partial charge in [-0.25, -0.2) is 9.79 Å². The summed E-state index contributed by atoms with van der Waals surface area (Å²) in [6, 6.07) is 18.2. The second kappa shape index (κ2) is 9.90. The number of benzene rings is 2. The van der Waals surface area contributed by atoms with E-state index >= 15 is 0 Å². The van der Waals surface area contributed by atoms with Crippen molar-refractivity contribution in [3.8, 4) is 5.75 Å². The summed E-state index contributed by atoms with van der Waals surface area (Å²) in [6.07, 6.45) is 2.60. The predicted molar refractivity (Wildman–Crippen MR) is 125 cm³/mol. The third-order valence-corrected chi connectivity index (χ3v) is 6.40. The van der Waals surface area contributed by atoms with Gasteiger partial charge in [0, 0.05) is 30.7 Å². The van der Waals surface area contributed by atoms with Crippen molar-refractivity contribution < 1.29 is 14.3 Å². The van der Waals surface area contributed by atoms with E-state index < -0.39 is 0 Å². The Hall–Kier alpha value is -2.96. The fourth-order valence-corrected chi connectivity index (χ4v) is 5.00. The molecule has 0 fully saturated rings. The lowest BCUT2D eigenvalue weighted by molar-refractivity contribution is 0.0526. The van der Waals surface area contributed by atoms with Gasteiger partial charge in [-0.3, -0.25) is 4.90 Å². The predicted octanol–water partition coefficient (Wildman–Crippen LogP) is 5.24. The van der Waals surface area contributed by atoms with E-state index in [4.69, 9.17) is 9.47 Å². The number of thiophene rings is 1. The Balaban J connectivity index is 1.61. The van der Waals surface area contributed by atoms with Crippen molar-refractivity contribution in [2.75, 3.05) is 20.3 Å². The number of carbonyl (C=O) groups is 1. The first kappa shape index (κ1) is 21.3. The highest BCUT2D eigenvalue weighted by Crippen LogP contribution is 2.39. The van der Waals surface area contributed by atoms with Gasteiger partial charge < -0.3 is 9.47 Å². The minimum atomic E-state index is -0.283. The Morgan fingerprint density at radius 1 is 1.19 bits per heavy atom. The standard InChI is InChI=1S/C25H26N2O3S/c1-3-30-25(28)23-21-12-13-27(16-18-8-5-4-6-9-18)17-22(21)31-24(23)26-15-19-10-7-11-20(14-19)29-2/h4-11,14-15H,3,12-13,16-17H2,1-2H3. The molecule has 0 unspecified atom stereocenters. The second-order valence-corrected chi connectivity index (χ2v) is 8.47. The summed E-state index contributed by atoms with van der Waals surface area (Å²) in [5.41, 5.74) is 3.93. The Labute approximate surface area is 187 Å². The molecule has 0 aliphatic carbocycles. The first-order valence-corrected chi connectivity index (χ1v) is 11.3. The highest BCUT2D eigenvalue weighted by molar-refractivity contribution is 7.16. The molecule has 1 aliphatic rings. The van der Waals surface area contributed by atoms with Gasteiger partial charge in [0.1, 0.15) is 10.8 Å². The molecule has 0 spiro atoms. The summed E-state index contributed by atoms with van der Waals surface area (Å²) in [7, 11) is 1.64. The van der Waals surface area contributed by atoms with Crippen LogP contribution in [0.4, 0.5) is 5.00 Å². The number of ether oxygens (including phenoxy) is 2. The highest BCUT2D eigenvalue weighted by Gasteiger charge is 2.28. The van der Waals surface area contributed by atoms with E-state index in [0.29, 0.717) is 17.2 Å². The molecule has 160 valence electrons. The van der Waals surface area contributed by atoms with Crippen LogP contribution in [-0.4, -0.2) is 37.3 Å². The molecule has 5 nitrogen and oxygen atoms in total. The number of carbonyl (C=O) groups excluding carboxylic acids is 1. The van der Waals surface area contributed by atoms with E-state index in [2.05, 4.69) is 34.2 Å². The van der Waals surface area contributed by atoms with Gasteiger partial charge in [-0.2, -0.15) is 0 Å². The molecule has 1 aromatic heterocycles. The first-order chi connectivity index (χ1) is 15.2. The van der Waals surface area contributed by atoms with Gasteiger partial charge in [0.2, 0.25) is 0 Å². The third kappa shape index (κ3) is 5.03. The van der Waals surface area contributed by atoms with Crippen molar-refractivity contribution in [2.45, 2.75) is 26.4 Å². The number of hydrogen-bond acceptors (Lipinski definition) is 6. The van der Waals surface area contributed by atoms with Gasteiger partial charge in [0.05, 0.1) is 19.3 Å². The summed E-state index contributed by atoms with van der Waals surface area (Å²) >= 11 is 1.59. The van der Waals surface area contributed by atoms with E-state index in [1.807, 2.05) is 37.3 Å². The van der Waals surface area contributed by atoms with Gasteiger partial charge >= 0.3 is 5.97 Å². The van der Waals surface area contributed by atoms with Crippen LogP contribution in [0.5, 0.6) is 5.75 Å². The normalized spacial score (nSPS) is 13.9. The van der Waals surface area contributed by atoms with Crippen molar-refractivity contribution >= 4 is 28.5 Å². The van der Waals surface area contributed by atoms with E-state index in [9.17, 15) is 4.79 Å². The lowest BCUT2D eigenvalue weighted by atomic mass is 10.0. The number of hydrogen-bond donors (Lipinski definition) is 0. The van der Waals surface area contributed by atoms with Crippen molar-refractivity contribution in [3.05, 3.63) is 81.7 Å². The fraction of sp³-hybridized carbons (Fsp3) is 0.280. The van der Waals surface area contributed by atoms with E-state index in [1.165, 1.54) is 10.4 Å². The number of fused-ring (bicyclic) bond motifs is 1. The summed E-state index contributed by atoms with van der Waals surface area (Å²) < 4.78 is 10.7. The molecule has 3 aromatic rings. The molecular weight excluding hydrogens is 408 g/mol. The van der Waals surface area contributed by atoms with Crippen LogP contribution in [0.25, 0.3) is 0 Å². The molecule has 0 saturated heterocycles. The quantitative estimate of drug-likeness (QED) is 0.377. The number of esters is 1. The van der Waals surface area contributed by atoms with E-state index in [-0.39, 0.29) is 5.97 Å². The second-order valence-electron chi connectivity index (χ2n) is 7.39. The summed E-state index contributed by atoms with van der Waals surface area (Å²) in [5, 5.41) is 0.716. The van der Waals surface area contributed by atoms with E-state index in [1.54, 1.807) is 24.7 Å². The number of aliphatic imine (C=N–C) groups is 1. The third-order valence-electron chi connectivity index (χ3n) is 5.27. The first-order valence-electron chi connectivity index (χ1n) is 10.4. The van der Waals surface area contributed by atoms with Crippen molar-refractivity contribution in [3.63, 3.8) is 0 Å². The molecule has 2 aromatic carbocycles. The monoisotopic (exact) mass is 434 g/mol. The molecule has 31 heavy (non-hydrogen) atoms.